The van der Waals surface area contributed by atoms with Gasteiger partial charge in [-0.05, 0) is 23.8 Å². The van der Waals surface area contributed by atoms with E-state index in [2.05, 4.69) is 9.97 Å². The quantitative estimate of drug-likeness (QED) is 0.857. The van der Waals surface area contributed by atoms with Gasteiger partial charge in [-0.2, -0.15) is 0 Å². The van der Waals surface area contributed by atoms with Gasteiger partial charge in [0, 0.05) is 25.8 Å². The van der Waals surface area contributed by atoms with Crippen LogP contribution in [-0.4, -0.2) is 40.4 Å². The van der Waals surface area contributed by atoms with Crippen molar-refractivity contribution in [1.82, 2.24) is 14.9 Å². The number of carbonyl (C=O) groups is 1. The van der Waals surface area contributed by atoms with E-state index in [0.717, 1.165) is 17.9 Å². The smallest absolute Gasteiger partial charge is 0.242 e. The largest absolute Gasteiger partial charge is 0.345 e. The minimum atomic E-state index is -0.265. The summed E-state index contributed by atoms with van der Waals surface area (Å²) in [4.78, 5) is 24.0. The zero-order chi connectivity index (χ0) is 14.7. The topological polar surface area (TPSA) is 49.3 Å². The van der Waals surface area contributed by atoms with Crippen molar-refractivity contribution < 1.29 is 9.18 Å². The van der Waals surface area contributed by atoms with Crippen molar-refractivity contribution in [2.75, 3.05) is 24.5 Å². The number of nitrogens with zero attached hydrogens (tertiary/aromatic N) is 4. The van der Waals surface area contributed by atoms with E-state index in [4.69, 9.17) is 0 Å². The Balaban J connectivity index is 1.63. The van der Waals surface area contributed by atoms with Crippen LogP contribution in [0.3, 0.4) is 0 Å². The zero-order valence-electron chi connectivity index (χ0n) is 11.4. The summed E-state index contributed by atoms with van der Waals surface area (Å²) in [5.41, 5.74) is 0.931. The number of hydrogen-bond acceptors (Lipinski definition) is 4. The van der Waals surface area contributed by atoms with Crippen LogP contribution < -0.4 is 4.90 Å². The third kappa shape index (κ3) is 3.16. The predicted molar refractivity (Wildman–Crippen MR) is 76.1 cm³/mol. The lowest BCUT2D eigenvalue weighted by molar-refractivity contribution is -0.131. The monoisotopic (exact) mass is 286 g/mol. The Hall–Kier alpha value is -2.50. The second-order valence-electron chi connectivity index (χ2n) is 4.93. The molecule has 1 aliphatic heterocycles. The first-order valence-electron chi connectivity index (χ1n) is 6.75. The number of carbonyl (C=O) groups excluding carboxylic acids is 1. The number of hydrogen-bond donors (Lipinski definition) is 0. The van der Waals surface area contributed by atoms with E-state index in [9.17, 15) is 9.18 Å². The summed E-state index contributed by atoms with van der Waals surface area (Å²) in [5, 5.41) is 0. The van der Waals surface area contributed by atoms with E-state index < -0.39 is 0 Å². The number of piperazine rings is 1. The summed E-state index contributed by atoms with van der Waals surface area (Å²) in [6.07, 6.45) is 3.14. The second-order valence-corrected chi connectivity index (χ2v) is 4.93. The van der Waals surface area contributed by atoms with E-state index >= 15 is 0 Å². The molecular weight excluding hydrogens is 271 g/mol. The summed E-state index contributed by atoms with van der Waals surface area (Å²) in [6.45, 7) is 2.17. The molecule has 1 aromatic carbocycles. The molecule has 3 rings (SSSR count). The minimum absolute atomic E-state index is 0.0455. The minimum Gasteiger partial charge on any atom is -0.345 e. The highest BCUT2D eigenvalue weighted by atomic mass is 19.1. The van der Waals surface area contributed by atoms with Gasteiger partial charge in [0.05, 0.1) is 6.54 Å². The van der Waals surface area contributed by atoms with Crippen LogP contribution in [0.4, 0.5) is 10.2 Å². The molecule has 0 atom stereocenters. The Bertz CT molecular complexity index is 617. The van der Waals surface area contributed by atoms with Gasteiger partial charge in [-0.3, -0.25) is 4.79 Å². The first-order chi connectivity index (χ1) is 10.2. The average molecular weight is 286 g/mol. The van der Waals surface area contributed by atoms with Gasteiger partial charge >= 0.3 is 0 Å². The Morgan fingerprint density at radius 3 is 2.62 bits per heavy atom. The maximum absolute atomic E-state index is 12.9. The normalized spacial score (nSPS) is 15.4. The fourth-order valence-corrected chi connectivity index (χ4v) is 2.35. The van der Waals surface area contributed by atoms with Crippen molar-refractivity contribution in [1.29, 1.82) is 0 Å². The highest BCUT2D eigenvalue weighted by molar-refractivity contribution is 5.82. The molecule has 0 spiro atoms. The van der Waals surface area contributed by atoms with Crippen LogP contribution in [0.5, 0.6) is 0 Å². The molecule has 0 unspecified atom stereocenters. The first kappa shape index (κ1) is 13.5. The third-order valence-electron chi connectivity index (χ3n) is 3.50. The van der Waals surface area contributed by atoms with Crippen LogP contribution in [0.15, 0.2) is 42.9 Å². The van der Waals surface area contributed by atoms with Gasteiger partial charge < -0.3 is 9.80 Å². The number of benzene rings is 1. The van der Waals surface area contributed by atoms with E-state index in [-0.39, 0.29) is 11.7 Å². The molecule has 1 aromatic heterocycles. The van der Waals surface area contributed by atoms with Gasteiger partial charge in [0.2, 0.25) is 5.91 Å². The Morgan fingerprint density at radius 1 is 1.14 bits per heavy atom. The molecular formula is C15H15FN4O. The fourth-order valence-electron chi connectivity index (χ4n) is 2.35. The van der Waals surface area contributed by atoms with Crippen LogP contribution in [0, 0.1) is 5.82 Å². The zero-order valence-corrected chi connectivity index (χ0v) is 11.4. The van der Waals surface area contributed by atoms with Gasteiger partial charge in [-0.15, -0.1) is 0 Å². The van der Waals surface area contributed by atoms with Crippen molar-refractivity contribution in [3.8, 4) is 0 Å². The molecule has 6 heteroatoms. The molecule has 0 radical (unpaired) electrons. The SMILES string of the molecule is O=C1CN(c2ccncn2)CCN1Cc1ccc(F)cc1. The lowest BCUT2D eigenvalue weighted by atomic mass is 10.2. The molecule has 5 nitrogen and oxygen atoms in total. The van der Waals surface area contributed by atoms with Crippen LogP contribution >= 0.6 is 0 Å². The molecule has 108 valence electrons. The number of halogens is 1. The lowest BCUT2D eigenvalue weighted by Gasteiger charge is -2.34. The number of rotatable bonds is 3. The molecule has 0 saturated carbocycles. The molecule has 0 aliphatic carbocycles. The summed E-state index contributed by atoms with van der Waals surface area (Å²) in [5.74, 6) is 0.544. The number of anilines is 1. The summed E-state index contributed by atoms with van der Waals surface area (Å²) in [7, 11) is 0. The Labute approximate surface area is 122 Å². The van der Waals surface area contributed by atoms with Gasteiger partial charge in [-0.1, -0.05) is 12.1 Å². The van der Waals surface area contributed by atoms with Gasteiger partial charge in [0.15, 0.2) is 0 Å². The molecule has 1 saturated heterocycles. The fraction of sp³-hybridized carbons (Fsp3) is 0.267. The molecule has 21 heavy (non-hydrogen) atoms. The Kier molecular flexibility index (Phi) is 3.77. The molecule has 1 amide bonds. The highest BCUT2D eigenvalue weighted by Crippen LogP contribution is 2.15. The van der Waals surface area contributed by atoms with Crippen molar-refractivity contribution >= 4 is 11.7 Å². The van der Waals surface area contributed by atoms with E-state index in [1.165, 1.54) is 18.5 Å². The molecule has 2 heterocycles. The van der Waals surface area contributed by atoms with E-state index in [0.29, 0.717) is 19.6 Å². The summed E-state index contributed by atoms with van der Waals surface area (Å²) >= 11 is 0. The molecule has 2 aromatic rings. The number of amides is 1. The average Bonchev–Trinajstić information content (AvgIpc) is 2.52. The molecule has 1 aliphatic rings. The third-order valence-corrected chi connectivity index (χ3v) is 3.50. The first-order valence-corrected chi connectivity index (χ1v) is 6.75. The van der Waals surface area contributed by atoms with Gasteiger partial charge in [0.25, 0.3) is 0 Å². The maximum Gasteiger partial charge on any atom is 0.242 e. The highest BCUT2D eigenvalue weighted by Gasteiger charge is 2.24. The predicted octanol–water partition coefficient (Wildman–Crippen LogP) is 1.46. The van der Waals surface area contributed by atoms with Gasteiger partial charge in [0.1, 0.15) is 18.0 Å². The Morgan fingerprint density at radius 2 is 1.95 bits per heavy atom. The van der Waals surface area contributed by atoms with Crippen LogP contribution in [0.1, 0.15) is 5.56 Å². The van der Waals surface area contributed by atoms with E-state index in [1.807, 2.05) is 4.90 Å². The van der Waals surface area contributed by atoms with Crippen molar-refractivity contribution in [3.05, 3.63) is 54.2 Å². The summed E-state index contributed by atoms with van der Waals surface area (Å²) in [6, 6.07) is 8.04. The van der Waals surface area contributed by atoms with E-state index in [1.54, 1.807) is 29.3 Å². The van der Waals surface area contributed by atoms with Crippen molar-refractivity contribution in [2.24, 2.45) is 0 Å². The summed E-state index contributed by atoms with van der Waals surface area (Å²) < 4.78 is 12.9. The van der Waals surface area contributed by atoms with Crippen LogP contribution in [0.2, 0.25) is 0 Å². The molecule has 0 bridgehead atoms. The standard InChI is InChI=1S/C15H15FN4O/c16-13-3-1-12(2-4-13)9-20-8-7-19(10-15(20)21)14-5-6-17-11-18-14/h1-6,11H,7-10H2. The lowest BCUT2D eigenvalue weighted by Crippen LogP contribution is -2.50. The van der Waals surface area contributed by atoms with Crippen molar-refractivity contribution in [2.45, 2.75) is 6.54 Å². The van der Waals surface area contributed by atoms with Crippen LogP contribution in [-0.2, 0) is 11.3 Å². The van der Waals surface area contributed by atoms with Gasteiger partial charge in [-0.25, -0.2) is 14.4 Å². The van der Waals surface area contributed by atoms with Crippen molar-refractivity contribution in [3.63, 3.8) is 0 Å². The maximum atomic E-state index is 12.9. The molecule has 0 N–H and O–H groups in total. The molecule has 1 fully saturated rings. The second kappa shape index (κ2) is 5.87. The number of aromatic nitrogens is 2. The van der Waals surface area contributed by atoms with Crippen LogP contribution in [0.25, 0.3) is 0 Å².